The summed E-state index contributed by atoms with van der Waals surface area (Å²) in [4.78, 5) is 15.1. The molecule has 0 amide bonds. The Bertz CT molecular complexity index is 2260. The fourth-order valence-electron chi connectivity index (χ4n) is 8.82. The molecule has 0 fully saturated rings. The molecule has 3 heterocycles. The first-order valence-electron chi connectivity index (χ1n) is 18.1. The van der Waals surface area contributed by atoms with E-state index in [1.54, 1.807) is 0 Å². The van der Waals surface area contributed by atoms with Gasteiger partial charge in [-0.2, -0.15) is 0 Å². The fourth-order valence-corrected chi connectivity index (χ4v) is 8.82. The minimum absolute atomic E-state index is 0.269. The van der Waals surface area contributed by atoms with Gasteiger partial charge in [0.15, 0.2) is 0 Å². The summed E-state index contributed by atoms with van der Waals surface area (Å²) < 4.78 is 0. The van der Waals surface area contributed by atoms with Gasteiger partial charge >= 0.3 is 0 Å². The smallest absolute Gasteiger partial charge is 0.133 e. The minimum Gasteiger partial charge on any atom is -0.319 e. The summed E-state index contributed by atoms with van der Waals surface area (Å²) in [5.74, 6) is 2.89. The lowest BCUT2D eigenvalue weighted by atomic mass is 9.72. The number of rotatable bonds is 5. The van der Waals surface area contributed by atoms with Crippen molar-refractivity contribution < 1.29 is 0 Å². The topological polar surface area (TPSA) is 31.2 Å². The molecule has 3 unspecified atom stereocenters. The summed E-state index contributed by atoms with van der Waals surface area (Å²) in [6.07, 6.45) is 25.2. The number of aliphatic imine (C=N–C) groups is 2. The van der Waals surface area contributed by atoms with Crippen LogP contribution in [-0.2, 0) is 0 Å². The first-order valence-corrected chi connectivity index (χ1v) is 18.1. The largest absolute Gasteiger partial charge is 0.319 e. The Kier molecular flexibility index (Phi) is 7.00. The normalized spacial score (nSPS) is 22.5. The van der Waals surface area contributed by atoms with E-state index < -0.39 is 0 Å². The van der Waals surface area contributed by atoms with E-state index in [2.05, 4.69) is 162 Å². The van der Waals surface area contributed by atoms with E-state index in [9.17, 15) is 0 Å². The number of para-hydroxylation sites is 1. The van der Waals surface area contributed by atoms with Crippen LogP contribution in [0, 0.1) is 5.92 Å². The molecule has 0 spiro atoms. The van der Waals surface area contributed by atoms with Gasteiger partial charge in [-0.1, -0.05) is 97.1 Å². The maximum atomic E-state index is 5.43. The van der Waals surface area contributed by atoms with Gasteiger partial charge in [0.2, 0.25) is 0 Å². The summed E-state index contributed by atoms with van der Waals surface area (Å²) in [5.41, 5.74) is 14.1. The Hall–Kier alpha value is -5.74. The Morgan fingerprint density at radius 3 is 2.44 bits per heavy atom. The summed E-state index contributed by atoms with van der Waals surface area (Å²) in [6.45, 7) is 0. The number of benzene rings is 4. The monoisotopic (exact) mass is 646 g/mol. The van der Waals surface area contributed by atoms with Crippen LogP contribution in [0.2, 0.25) is 0 Å². The Labute approximate surface area is 294 Å². The lowest BCUT2D eigenvalue weighted by Crippen LogP contribution is -2.32. The van der Waals surface area contributed by atoms with Gasteiger partial charge in [-0.05, 0) is 120 Å². The molecule has 242 valence electrons. The zero-order chi connectivity index (χ0) is 33.0. The fraction of sp³-hybridized carbons (Fsp3) is 0.174. The number of hydrogen-bond donors (Lipinski definition) is 0. The van der Waals surface area contributed by atoms with Crippen molar-refractivity contribution in [1.29, 1.82) is 0 Å². The second kappa shape index (κ2) is 12.0. The first-order chi connectivity index (χ1) is 24.8. The van der Waals surface area contributed by atoms with Gasteiger partial charge in [-0.25, -0.2) is 9.98 Å². The average Bonchev–Trinajstić information content (AvgIpc) is 3.53. The molecule has 3 atom stereocenters. The second-order valence-corrected chi connectivity index (χ2v) is 13.9. The van der Waals surface area contributed by atoms with Crippen LogP contribution >= 0.6 is 0 Å². The number of allylic oxidation sites excluding steroid dienone is 7. The molecule has 6 aliphatic rings. The number of anilines is 3. The third-order valence-corrected chi connectivity index (χ3v) is 11.1. The lowest BCUT2D eigenvalue weighted by Gasteiger charge is -2.32. The summed E-state index contributed by atoms with van der Waals surface area (Å²) in [5, 5.41) is 0. The van der Waals surface area contributed by atoms with Crippen molar-refractivity contribution in [3.63, 3.8) is 0 Å². The second-order valence-electron chi connectivity index (χ2n) is 13.9. The van der Waals surface area contributed by atoms with E-state index in [-0.39, 0.29) is 6.04 Å². The van der Waals surface area contributed by atoms with Gasteiger partial charge in [0.05, 0.1) is 11.8 Å². The predicted molar refractivity (Wildman–Crippen MR) is 208 cm³/mol. The summed E-state index contributed by atoms with van der Waals surface area (Å²) in [7, 11) is 0. The average molecular weight is 647 g/mol. The highest BCUT2D eigenvalue weighted by Crippen LogP contribution is 2.50. The number of nitrogens with zero attached hydrogens (tertiary/aromatic N) is 4. The standard InChI is InChI=1S/C46H38N4/c1-2-12-32(13-3-1)49(33-24-26-34(27-25-33)50-44-21-9-8-18-40(44)41-19-11-29-47-46(41)50)45-22-10-20-43(48-45)31-23-28-39-37-16-5-4-14-35(37)36-15-6-7-17-38(36)42(39)30-31/h1-9,12-15,17-18,21-30,37,40,44H,10-11,16,19-20H2. The third kappa shape index (κ3) is 4.74. The minimum atomic E-state index is 0.269. The molecule has 50 heavy (non-hydrogen) atoms. The van der Waals surface area contributed by atoms with E-state index in [0.29, 0.717) is 11.8 Å². The molecule has 0 saturated heterocycles. The molecule has 0 aromatic heterocycles. The summed E-state index contributed by atoms with van der Waals surface area (Å²) in [6, 6.07) is 35.9. The third-order valence-electron chi connectivity index (χ3n) is 11.1. The molecule has 10 rings (SSSR count). The van der Waals surface area contributed by atoms with Crippen LogP contribution in [0.15, 0.2) is 173 Å². The van der Waals surface area contributed by atoms with Gasteiger partial charge in [-0.15, -0.1) is 0 Å². The van der Waals surface area contributed by atoms with Gasteiger partial charge in [-0.3, -0.25) is 4.90 Å². The van der Waals surface area contributed by atoms with Crippen molar-refractivity contribution in [1.82, 2.24) is 0 Å². The van der Waals surface area contributed by atoms with Gasteiger partial charge in [0, 0.05) is 35.1 Å². The van der Waals surface area contributed by atoms with E-state index in [0.717, 1.165) is 60.8 Å². The molecule has 3 aliphatic heterocycles. The van der Waals surface area contributed by atoms with Crippen molar-refractivity contribution in [2.45, 2.75) is 44.1 Å². The molecule has 4 heteroatoms. The van der Waals surface area contributed by atoms with Crippen molar-refractivity contribution in [3.05, 3.63) is 180 Å². The molecular weight excluding hydrogens is 609 g/mol. The molecule has 3 aliphatic carbocycles. The predicted octanol–water partition coefficient (Wildman–Crippen LogP) is 11.1. The highest BCUT2D eigenvalue weighted by atomic mass is 15.3. The maximum Gasteiger partial charge on any atom is 0.133 e. The highest BCUT2D eigenvalue weighted by Gasteiger charge is 2.40. The molecule has 0 radical (unpaired) electrons. The zero-order valence-corrected chi connectivity index (χ0v) is 28.0. The van der Waals surface area contributed by atoms with Gasteiger partial charge in [0.1, 0.15) is 11.6 Å². The van der Waals surface area contributed by atoms with Crippen molar-refractivity contribution in [2.75, 3.05) is 9.80 Å². The van der Waals surface area contributed by atoms with Crippen LogP contribution in [0.1, 0.15) is 54.7 Å². The number of fused-ring (bicyclic) bond motifs is 8. The van der Waals surface area contributed by atoms with Crippen molar-refractivity contribution in [3.8, 4) is 11.1 Å². The number of hydrogen-bond acceptors (Lipinski definition) is 4. The Balaban J connectivity index is 1.01. The molecule has 0 bridgehead atoms. The Morgan fingerprint density at radius 1 is 0.720 bits per heavy atom. The highest BCUT2D eigenvalue weighted by molar-refractivity contribution is 6.04. The zero-order valence-electron chi connectivity index (χ0n) is 28.0. The lowest BCUT2D eigenvalue weighted by molar-refractivity contribution is 0.660. The van der Waals surface area contributed by atoms with Crippen LogP contribution in [0.4, 0.5) is 17.1 Å². The molecule has 0 saturated carbocycles. The van der Waals surface area contributed by atoms with Crippen LogP contribution in [0.3, 0.4) is 0 Å². The first kappa shape index (κ1) is 29.2. The van der Waals surface area contributed by atoms with E-state index in [1.165, 1.54) is 44.7 Å². The molecular formula is C46H38N4. The van der Waals surface area contributed by atoms with Gasteiger partial charge in [0.25, 0.3) is 0 Å². The van der Waals surface area contributed by atoms with Crippen molar-refractivity contribution in [2.24, 2.45) is 15.9 Å². The molecule has 0 N–H and O–H groups in total. The summed E-state index contributed by atoms with van der Waals surface area (Å²) >= 11 is 0. The van der Waals surface area contributed by atoms with Crippen molar-refractivity contribution >= 4 is 34.6 Å². The molecule has 4 aromatic carbocycles. The van der Waals surface area contributed by atoms with Crippen LogP contribution in [0.25, 0.3) is 16.7 Å². The van der Waals surface area contributed by atoms with Crippen LogP contribution < -0.4 is 9.80 Å². The molecule has 4 aromatic rings. The van der Waals surface area contributed by atoms with E-state index >= 15 is 0 Å². The molecule has 4 nitrogen and oxygen atoms in total. The van der Waals surface area contributed by atoms with Gasteiger partial charge < -0.3 is 4.90 Å². The maximum absolute atomic E-state index is 5.43. The van der Waals surface area contributed by atoms with Crippen LogP contribution in [0.5, 0.6) is 0 Å². The quantitative estimate of drug-likeness (QED) is 0.216. The SMILES string of the molecule is C1=CCC2C(=C1)c1ccccc1-c1cc(C3=NC(N(c4ccccc4)c4ccc(N5C6=C(CCC=N6)C6C=CC=CC65)cc4)=CCC3)ccc12. The van der Waals surface area contributed by atoms with Crippen LogP contribution in [-0.4, -0.2) is 18.0 Å². The van der Waals surface area contributed by atoms with E-state index in [1.807, 2.05) is 0 Å². The van der Waals surface area contributed by atoms with E-state index in [4.69, 9.17) is 9.98 Å². The Morgan fingerprint density at radius 2 is 1.54 bits per heavy atom.